The largest absolute Gasteiger partial charge is 0.391 e. The fourth-order valence-corrected chi connectivity index (χ4v) is 11.0. The van der Waals surface area contributed by atoms with Gasteiger partial charge in [-0.25, -0.2) is 4.98 Å². The molecule has 68 heavy (non-hydrogen) atoms. The van der Waals surface area contributed by atoms with Gasteiger partial charge in [0, 0.05) is 51.8 Å². The average Bonchev–Trinajstić information content (AvgIpc) is 4.07. The van der Waals surface area contributed by atoms with Gasteiger partial charge in [-0.3, -0.25) is 24.2 Å². The standard InChI is InChI=1S/C50H61ClN8O7S2/c1-27-31(5)68-46-41(27)43(33-13-15-35(51)16-14-33)55-37(44-42(46)29(3)57-58-44)24-40(62)52-18-20-66-22-21-65-19-17-39(61)56-47(50(6,7)8)49(64)59-25-36(60)23-38(59)48(63)54-28(2)32-9-11-34(12-10-32)45-30(4)53-26-67-45/h9-16,26,28,36-38,42,47,60H,17-25H2,1-8H3,(H,52,62)(H,54,63)(H,56,61)/t28-,36+,37-,38?,42?,47?/m0/s1. The van der Waals surface area contributed by atoms with Crippen LogP contribution in [0, 0.1) is 26.2 Å². The third-order valence-electron chi connectivity index (χ3n) is 12.5. The number of aliphatic hydroxyl groups excluding tert-OH is 1. The lowest BCUT2D eigenvalue weighted by Gasteiger charge is -2.35. The fourth-order valence-electron chi connectivity index (χ4n) is 8.71. The first kappa shape index (κ1) is 50.7. The molecule has 7 rings (SSSR count). The number of thiazole rings is 1. The molecule has 0 aliphatic carbocycles. The molecule has 15 nitrogen and oxygen atoms in total. The maximum Gasteiger partial charge on any atom is 0.246 e. The van der Waals surface area contributed by atoms with E-state index in [1.807, 2.05) is 95.6 Å². The molecule has 0 radical (unpaired) electrons. The molecule has 2 aromatic heterocycles. The summed E-state index contributed by atoms with van der Waals surface area (Å²) in [7, 11) is 0. The van der Waals surface area contributed by atoms with E-state index in [0.717, 1.165) is 60.4 Å². The van der Waals surface area contributed by atoms with Gasteiger partial charge < -0.3 is 35.4 Å². The molecular weight excluding hydrogens is 924 g/mol. The number of rotatable bonds is 18. The van der Waals surface area contributed by atoms with Crippen molar-refractivity contribution in [1.82, 2.24) is 25.8 Å². The number of likely N-dealkylation sites (tertiary alicyclic amines) is 1. The number of thiophene rings is 1. The molecule has 5 heterocycles. The molecule has 18 heteroatoms. The highest BCUT2D eigenvalue weighted by Gasteiger charge is 2.45. The number of hydrogen-bond acceptors (Lipinski definition) is 13. The molecule has 0 saturated carbocycles. The van der Waals surface area contributed by atoms with Crippen molar-refractivity contribution in [3.63, 3.8) is 0 Å². The number of hydrogen-bond donors (Lipinski definition) is 4. The van der Waals surface area contributed by atoms with Crippen LogP contribution in [0.2, 0.25) is 5.02 Å². The van der Waals surface area contributed by atoms with E-state index in [4.69, 9.17) is 26.1 Å². The van der Waals surface area contributed by atoms with Crippen LogP contribution in [0.3, 0.4) is 0 Å². The van der Waals surface area contributed by atoms with E-state index in [1.165, 1.54) is 9.78 Å². The predicted molar refractivity (Wildman–Crippen MR) is 268 cm³/mol. The fraction of sp³-hybridized carbons (Fsp3) is 0.480. The molecule has 6 atom stereocenters. The number of nitrogens with one attached hydrogen (secondary N) is 3. The highest BCUT2D eigenvalue weighted by molar-refractivity contribution is 7.13. The minimum absolute atomic E-state index is 0.00587. The molecule has 2 aromatic carbocycles. The minimum atomic E-state index is -0.957. The Kier molecular flexibility index (Phi) is 16.5. The molecule has 3 aliphatic rings. The zero-order chi connectivity index (χ0) is 48.9. The third-order valence-corrected chi connectivity index (χ3v) is 15.0. The Balaban J connectivity index is 0.836. The van der Waals surface area contributed by atoms with E-state index in [9.17, 15) is 24.3 Å². The second-order valence-corrected chi connectivity index (χ2v) is 21.2. The molecule has 3 aliphatic heterocycles. The van der Waals surface area contributed by atoms with Crippen molar-refractivity contribution < 1.29 is 33.8 Å². The zero-order valence-corrected chi connectivity index (χ0v) is 42.2. The number of aliphatic imine (C=N–C) groups is 1. The van der Waals surface area contributed by atoms with Crippen LogP contribution in [0.4, 0.5) is 0 Å². The number of carbonyl (C=O) groups excluding carboxylic acids is 4. The number of halogens is 1. The topological polar surface area (TPSA) is 196 Å². The molecule has 0 spiro atoms. The number of aryl methyl sites for hydroxylation is 2. The number of carbonyl (C=O) groups is 4. The Bertz CT molecular complexity index is 2580. The second-order valence-electron chi connectivity index (χ2n) is 18.6. The summed E-state index contributed by atoms with van der Waals surface area (Å²) in [4.78, 5) is 68.6. The van der Waals surface area contributed by atoms with E-state index < -0.39 is 35.6 Å². The number of aromatic nitrogens is 1. The Morgan fingerprint density at radius 3 is 2.28 bits per heavy atom. The van der Waals surface area contributed by atoms with Gasteiger partial charge in [-0.15, -0.1) is 22.7 Å². The van der Waals surface area contributed by atoms with Gasteiger partial charge in [0.2, 0.25) is 23.6 Å². The Labute approximate surface area is 410 Å². The number of β-amino-alcohol motifs (C(OH)–C–C–N with tert-alkyl or cyclic N) is 1. The highest BCUT2D eigenvalue weighted by atomic mass is 35.5. The van der Waals surface area contributed by atoms with Crippen molar-refractivity contribution in [2.75, 3.05) is 39.5 Å². The maximum atomic E-state index is 14.1. The normalized spacial score (nSPS) is 19.8. The van der Waals surface area contributed by atoms with E-state index in [2.05, 4.69) is 45.0 Å². The van der Waals surface area contributed by atoms with Gasteiger partial charge in [-0.2, -0.15) is 10.2 Å². The second kappa shape index (κ2) is 22.1. The molecule has 4 amide bonds. The summed E-state index contributed by atoms with van der Waals surface area (Å²) in [5, 5.41) is 29.1. The summed E-state index contributed by atoms with van der Waals surface area (Å²) in [5.41, 5.74) is 9.60. The first-order valence-corrected chi connectivity index (χ1v) is 25.0. The molecule has 1 fully saturated rings. The number of benzene rings is 2. The molecule has 4 aromatic rings. The van der Waals surface area contributed by atoms with Gasteiger partial charge in [0.25, 0.3) is 0 Å². The van der Waals surface area contributed by atoms with Crippen LogP contribution in [0.25, 0.3) is 10.4 Å². The van der Waals surface area contributed by atoms with E-state index >= 15 is 0 Å². The van der Waals surface area contributed by atoms with Crippen LogP contribution in [0.15, 0.2) is 69.2 Å². The lowest BCUT2D eigenvalue weighted by molar-refractivity contribution is -0.144. The van der Waals surface area contributed by atoms with Crippen LogP contribution in [-0.4, -0.2) is 120 Å². The molecule has 1 saturated heterocycles. The van der Waals surface area contributed by atoms with Crippen LogP contribution < -0.4 is 16.0 Å². The molecule has 3 unspecified atom stereocenters. The van der Waals surface area contributed by atoms with Gasteiger partial charge in [-0.05, 0) is 68.9 Å². The van der Waals surface area contributed by atoms with E-state index in [0.29, 0.717) is 5.02 Å². The highest BCUT2D eigenvalue weighted by Crippen LogP contribution is 2.42. The van der Waals surface area contributed by atoms with Crippen molar-refractivity contribution in [3.05, 3.63) is 96.8 Å². The quantitative estimate of drug-likeness (QED) is 0.0774. The molecular formula is C50H61ClN8O7S2. The van der Waals surface area contributed by atoms with Crippen LogP contribution in [-0.2, 0) is 28.7 Å². The van der Waals surface area contributed by atoms with Gasteiger partial charge in [0.05, 0.1) is 84.1 Å². The number of aliphatic hydroxyl groups is 1. The first-order chi connectivity index (χ1) is 32.4. The molecule has 4 N–H and O–H groups in total. The lowest BCUT2D eigenvalue weighted by atomic mass is 9.85. The summed E-state index contributed by atoms with van der Waals surface area (Å²) < 4.78 is 11.4. The van der Waals surface area contributed by atoms with Crippen molar-refractivity contribution >= 4 is 75.0 Å². The summed E-state index contributed by atoms with van der Waals surface area (Å²) in [6.07, 6.45) is -0.708. The number of amides is 4. The van der Waals surface area contributed by atoms with Crippen molar-refractivity contribution in [2.45, 2.75) is 111 Å². The number of fused-ring (bicyclic) bond motifs is 3. The van der Waals surface area contributed by atoms with Crippen LogP contribution in [0.5, 0.6) is 0 Å². The van der Waals surface area contributed by atoms with Gasteiger partial charge >= 0.3 is 0 Å². The maximum absolute atomic E-state index is 14.1. The predicted octanol–water partition coefficient (Wildman–Crippen LogP) is 6.88. The molecule has 362 valence electrons. The summed E-state index contributed by atoms with van der Waals surface area (Å²) in [5.74, 6) is -1.53. The van der Waals surface area contributed by atoms with E-state index in [1.54, 1.807) is 22.7 Å². The first-order valence-electron chi connectivity index (χ1n) is 23.0. The van der Waals surface area contributed by atoms with Crippen molar-refractivity contribution in [2.24, 2.45) is 20.6 Å². The lowest BCUT2D eigenvalue weighted by Crippen LogP contribution is -2.58. The van der Waals surface area contributed by atoms with Crippen LogP contribution in [0.1, 0.15) is 104 Å². The van der Waals surface area contributed by atoms with E-state index in [-0.39, 0.29) is 88.5 Å². The summed E-state index contributed by atoms with van der Waals surface area (Å²) >= 11 is 9.54. The number of ether oxygens (including phenoxy) is 2. The zero-order valence-electron chi connectivity index (χ0n) is 39.9. The summed E-state index contributed by atoms with van der Waals surface area (Å²) in [6.45, 7) is 16.6. The molecule has 0 bridgehead atoms. The van der Waals surface area contributed by atoms with Crippen molar-refractivity contribution in [3.8, 4) is 10.4 Å². The monoisotopic (exact) mass is 984 g/mol. The van der Waals surface area contributed by atoms with Gasteiger partial charge in [-0.1, -0.05) is 68.8 Å². The average molecular weight is 986 g/mol. The Hall–Kier alpha value is -5.17. The third kappa shape index (κ3) is 11.8. The Morgan fingerprint density at radius 2 is 1.60 bits per heavy atom. The van der Waals surface area contributed by atoms with Gasteiger partial charge in [0.1, 0.15) is 18.1 Å². The smallest absolute Gasteiger partial charge is 0.246 e. The Morgan fingerprint density at radius 1 is 0.912 bits per heavy atom. The SMILES string of the molecule is CC1=NN=C2C1c1sc(C)c(C)c1C(c1ccc(Cl)cc1)=N[C@H]2CC(=O)NCCOCCOCCC(=O)NC(C(=O)N1C[C@H](O)CC1C(=O)N[C@@H](C)c1ccc(-c2scnc2C)cc1)C(C)(C)C. The van der Waals surface area contributed by atoms with Crippen LogP contribution >= 0.6 is 34.3 Å². The van der Waals surface area contributed by atoms with Crippen molar-refractivity contribution in [1.29, 1.82) is 0 Å². The minimum Gasteiger partial charge on any atom is -0.391 e. The van der Waals surface area contributed by atoms with Gasteiger partial charge in [0.15, 0.2) is 0 Å². The summed E-state index contributed by atoms with van der Waals surface area (Å²) in [6, 6.07) is 12.8. The number of nitrogens with zero attached hydrogens (tertiary/aromatic N) is 5.